The molecular weight excluding hydrogens is 296 g/mol. The van der Waals surface area contributed by atoms with Gasteiger partial charge in [-0.3, -0.25) is 4.79 Å². The highest BCUT2D eigenvalue weighted by atomic mass is 35.5. The number of hydrogen-bond acceptors (Lipinski definition) is 2. The fourth-order valence-corrected chi connectivity index (χ4v) is 3.36. The monoisotopic (exact) mass is 314 g/mol. The Morgan fingerprint density at radius 3 is 2.41 bits per heavy atom. The summed E-state index contributed by atoms with van der Waals surface area (Å²) in [5.41, 5.74) is 0.655. The summed E-state index contributed by atoms with van der Waals surface area (Å²) in [5, 5.41) is 3.53. The van der Waals surface area contributed by atoms with Crippen LogP contribution in [0.4, 0.5) is 5.82 Å². The van der Waals surface area contributed by atoms with Gasteiger partial charge in [0.05, 0.1) is 10.4 Å². The lowest BCUT2D eigenvalue weighted by Gasteiger charge is -2.36. The average Bonchev–Trinajstić information content (AvgIpc) is 2.58. The van der Waals surface area contributed by atoms with E-state index in [4.69, 9.17) is 11.6 Å². The molecule has 3 nitrogen and oxygen atoms in total. The molecule has 2 aromatic rings. The van der Waals surface area contributed by atoms with E-state index in [0.717, 1.165) is 31.2 Å². The van der Waals surface area contributed by atoms with Gasteiger partial charge in [0, 0.05) is 6.20 Å². The third-order valence-corrected chi connectivity index (χ3v) is 4.66. The van der Waals surface area contributed by atoms with Crippen molar-refractivity contribution in [1.29, 1.82) is 0 Å². The molecule has 1 amide bonds. The first kappa shape index (κ1) is 15.0. The van der Waals surface area contributed by atoms with E-state index < -0.39 is 5.41 Å². The van der Waals surface area contributed by atoms with Crippen LogP contribution >= 0.6 is 11.6 Å². The van der Waals surface area contributed by atoms with Crippen molar-refractivity contribution in [3.63, 3.8) is 0 Å². The zero-order valence-corrected chi connectivity index (χ0v) is 13.1. The zero-order valence-electron chi connectivity index (χ0n) is 12.4. The molecule has 0 unspecified atom stereocenters. The summed E-state index contributed by atoms with van der Waals surface area (Å²) in [5.74, 6) is 0.587. The van der Waals surface area contributed by atoms with Gasteiger partial charge in [-0.15, -0.1) is 0 Å². The number of hydrogen-bond donors (Lipinski definition) is 1. The molecule has 0 bridgehead atoms. The van der Waals surface area contributed by atoms with Gasteiger partial charge in [-0.2, -0.15) is 0 Å². The third-order valence-electron chi connectivity index (χ3n) is 4.44. The maximum Gasteiger partial charge on any atom is 0.236 e. The van der Waals surface area contributed by atoms with Gasteiger partial charge in [-0.1, -0.05) is 61.2 Å². The second-order valence-corrected chi connectivity index (χ2v) is 6.26. The minimum atomic E-state index is -0.444. The Morgan fingerprint density at radius 1 is 1.05 bits per heavy atom. The third kappa shape index (κ3) is 3.00. The lowest BCUT2D eigenvalue weighted by molar-refractivity contribution is -0.122. The molecule has 1 aliphatic carbocycles. The fourth-order valence-electron chi connectivity index (χ4n) is 3.25. The number of carbonyl (C=O) groups is 1. The second-order valence-electron chi connectivity index (χ2n) is 5.82. The number of carbonyl (C=O) groups excluding carboxylic acids is 1. The quantitative estimate of drug-likeness (QED) is 0.901. The number of nitrogens with one attached hydrogen (secondary N) is 1. The smallest absolute Gasteiger partial charge is 0.236 e. The van der Waals surface area contributed by atoms with Gasteiger partial charge in [0.2, 0.25) is 5.91 Å². The van der Waals surface area contributed by atoms with Crippen LogP contribution in [0, 0.1) is 0 Å². The highest BCUT2D eigenvalue weighted by Crippen LogP contribution is 2.40. The molecule has 0 aliphatic heterocycles. The summed E-state index contributed by atoms with van der Waals surface area (Å²) in [7, 11) is 0. The number of amides is 1. The molecule has 114 valence electrons. The van der Waals surface area contributed by atoms with Crippen molar-refractivity contribution < 1.29 is 4.79 Å². The molecule has 0 spiro atoms. The Morgan fingerprint density at radius 2 is 1.77 bits per heavy atom. The first-order valence-electron chi connectivity index (χ1n) is 7.69. The van der Waals surface area contributed by atoms with Crippen molar-refractivity contribution >= 4 is 23.3 Å². The summed E-state index contributed by atoms with van der Waals surface area (Å²) in [6.07, 6.45) is 6.67. The van der Waals surface area contributed by atoms with Crippen molar-refractivity contribution in [3.8, 4) is 0 Å². The van der Waals surface area contributed by atoms with E-state index >= 15 is 0 Å². The van der Waals surface area contributed by atoms with Crippen LogP contribution < -0.4 is 5.32 Å². The number of rotatable bonds is 3. The van der Waals surface area contributed by atoms with E-state index in [1.165, 1.54) is 6.42 Å². The normalized spacial score (nSPS) is 17.0. The molecule has 1 saturated carbocycles. The maximum absolute atomic E-state index is 13.0. The molecule has 22 heavy (non-hydrogen) atoms. The lowest BCUT2D eigenvalue weighted by Crippen LogP contribution is -2.42. The SMILES string of the molecule is O=C(Nc1ccc(Cl)cn1)C1(c2ccccc2)CCCCC1. The Kier molecular flexibility index (Phi) is 4.44. The van der Waals surface area contributed by atoms with E-state index in [-0.39, 0.29) is 5.91 Å². The van der Waals surface area contributed by atoms with Gasteiger partial charge in [0.1, 0.15) is 5.82 Å². The summed E-state index contributed by atoms with van der Waals surface area (Å²) in [4.78, 5) is 17.2. The first-order valence-corrected chi connectivity index (χ1v) is 8.07. The molecule has 1 fully saturated rings. The van der Waals surface area contributed by atoms with Gasteiger partial charge in [0.25, 0.3) is 0 Å². The molecule has 0 radical (unpaired) electrons. The molecule has 3 rings (SSSR count). The highest BCUT2D eigenvalue weighted by Gasteiger charge is 2.41. The average molecular weight is 315 g/mol. The standard InChI is InChI=1S/C18H19ClN2O/c19-15-9-10-16(20-13-15)21-17(22)18(11-5-2-6-12-18)14-7-3-1-4-8-14/h1,3-4,7-10,13H,2,5-6,11-12H2,(H,20,21,22). The number of anilines is 1. The van der Waals surface area contributed by atoms with Crippen LogP contribution in [0.2, 0.25) is 5.02 Å². The molecule has 0 saturated heterocycles. The Bertz CT molecular complexity index is 634. The molecule has 1 aliphatic rings. The predicted molar refractivity (Wildman–Crippen MR) is 89.1 cm³/mol. The van der Waals surface area contributed by atoms with Crippen LogP contribution in [0.25, 0.3) is 0 Å². The van der Waals surface area contributed by atoms with Gasteiger partial charge in [-0.05, 0) is 30.5 Å². The zero-order chi connectivity index (χ0) is 15.4. The predicted octanol–water partition coefficient (Wildman–Crippen LogP) is 4.58. The molecule has 1 N–H and O–H groups in total. The van der Waals surface area contributed by atoms with Crippen LogP contribution in [0.15, 0.2) is 48.7 Å². The minimum Gasteiger partial charge on any atom is -0.310 e. The van der Waals surface area contributed by atoms with E-state index in [1.807, 2.05) is 18.2 Å². The summed E-state index contributed by atoms with van der Waals surface area (Å²) < 4.78 is 0. The number of aromatic nitrogens is 1. The summed E-state index contributed by atoms with van der Waals surface area (Å²) in [6, 6.07) is 13.6. The largest absolute Gasteiger partial charge is 0.310 e. The summed E-state index contributed by atoms with van der Waals surface area (Å²) >= 11 is 5.84. The van der Waals surface area contributed by atoms with Crippen molar-refractivity contribution in [2.75, 3.05) is 5.32 Å². The molecule has 1 heterocycles. The molecular formula is C18H19ClN2O. The van der Waals surface area contributed by atoms with Crippen LogP contribution in [0.1, 0.15) is 37.7 Å². The van der Waals surface area contributed by atoms with E-state index in [9.17, 15) is 4.79 Å². The lowest BCUT2D eigenvalue weighted by atomic mass is 9.68. The molecule has 0 atom stereocenters. The second kappa shape index (κ2) is 6.49. The Labute approximate surface area is 135 Å². The summed E-state index contributed by atoms with van der Waals surface area (Å²) in [6.45, 7) is 0. The van der Waals surface area contributed by atoms with Gasteiger partial charge in [-0.25, -0.2) is 4.98 Å². The van der Waals surface area contributed by atoms with Crippen molar-refractivity contribution in [2.45, 2.75) is 37.5 Å². The van der Waals surface area contributed by atoms with Gasteiger partial charge >= 0.3 is 0 Å². The van der Waals surface area contributed by atoms with Crippen LogP contribution in [-0.4, -0.2) is 10.9 Å². The van der Waals surface area contributed by atoms with Crippen molar-refractivity contribution in [3.05, 3.63) is 59.2 Å². The van der Waals surface area contributed by atoms with Crippen molar-refractivity contribution in [1.82, 2.24) is 4.98 Å². The number of pyridine rings is 1. The number of benzene rings is 1. The topological polar surface area (TPSA) is 42.0 Å². The maximum atomic E-state index is 13.0. The van der Waals surface area contributed by atoms with Crippen LogP contribution in [0.5, 0.6) is 0 Å². The van der Waals surface area contributed by atoms with Crippen LogP contribution in [-0.2, 0) is 10.2 Å². The van der Waals surface area contributed by atoms with Crippen LogP contribution in [0.3, 0.4) is 0 Å². The minimum absolute atomic E-state index is 0.0354. The van der Waals surface area contributed by atoms with Gasteiger partial charge < -0.3 is 5.32 Å². The van der Waals surface area contributed by atoms with Crippen molar-refractivity contribution in [2.24, 2.45) is 0 Å². The fraction of sp³-hybridized carbons (Fsp3) is 0.333. The van der Waals surface area contributed by atoms with E-state index in [0.29, 0.717) is 10.8 Å². The molecule has 4 heteroatoms. The molecule has 1 aromatic heterocycles. The Hall–Kier alpha value is -1.87. The van der Waals surface area contributed by atoms with E-state index in [2.05, 4.69) is 22.4 Å². The van der Waals surface area contributed by atoms with E-state index in [1.54, 1.807) is 18.3 Å². The Balaban J connectivity index is 1.89. The highest BCUT2D eigenvalue weighted by molar-refractivity contribution is 6.30. The van der Waals surface area contributed by atoms with Gasteiger partial charge in [0.15, 0.2) is 0 Å². The number of nitrogens with zero attached hydrogens (tertiary/aromatic N) is 1. The molecule has 1 aromatic carbocycles. The first-order chi connectivity index (χ1) is 10.7. The number of halogens is 1.